The molecular formula is C11H10F3N3S. The van der Waals surface area contributed by atoms with Gasteiger partial charge in [-0.05, 0) is 38.2 Å². The molecule has 0 aliphatic carbocycles. The zero-order valence-corrected chi connectivity index (χ0v) is 10.5. The van der Waals surface area contributed by atoms with Gasteiger partial charge in [0.2, 0.25) is 0 Å². The molecule has 0 atom stereocenters. The Labute approximate surface area is 106 Å². The van der Waals surface area contributed by atoms with Gasteiger partial charge < -0.3 is 0 Å². The lowest BCUT2D eigenvalue weighted by molar-refractivity contribution is 0.448. The molecule has 0 aliphatic rings. The molecule has 7 heteroatoms. The van der Waals surface area contributed by atoms with E-state index < -0.39 is 17.5 Å². The van der Waals surface area contributed by atoms with Crippen LogP contribution in [0.4, 0.5) is 13.2 Å². The second kappa shape index (κ2) is 4.56. The van der Waals surface area contributed by atoms with Crippen molar-refractivity contribution in [2.75, 3.05) is 0 Å². The Balaban J connectivity index is 2.71. The van der Waals surface area contributed by atoms with Crippen LogP contribution in [0.15, 0.2) is 12.1 Å². The third-order valence-corrected chi connectivity index (χ3v) is 2.78. The van der Waals surface area contributed by atoms with E-state index in [1.54, 1.807) is 0 Å². The molecule has 0 aliphatic heterocycles. The minimum atomic E-state index is -1.52. The zero-order chi connectivity index (χ0) is 13.4. The van der Waals surface area contributed by atoms with Crippen LogP contribution in [0.25, 0.3) is 11.4 Å². The number of H-pyrrole nitrogens is 1. The largest absolute Gasteiger partial charge is 0.298 e. The molecule has 2 rings (SSSR count). The lowest BCUT2D eigenvalue weighted by Crippen LogP contribution is -2.05. The van der Waals surface area contributed by atoms with E-state index in [0.717, 1.165) is 12.1 Å². The lowest BCUT2D eigenvalue weighted by Gasteiger charge is -2.11. The maximum atomic E-state index is 13.7. The number of aromatic nitrogens is 3. The van der Waals surface area contributed by atoms with E-state index in [2.05, 4.69) is 10.2 Å². The van der Waals surface area contributed by atoms with Crippen LogP contribution in [-0.2, 0) is 0 Å². The SMILES string of the molecule is CC(C)n1c(-c2ccc(F)c(F)c2F)n[nH]c1=S. The summed E-state index contributed by atoms with van der Waals surface area (Å²) < 4.78 is 41.6. The topological polar surface area (TPSA) is 33.6 Å². The molecular weight excluding hydrogens is 263 g/mol. The van der Waals surface area contributed by atoms with E-state index in [-0.39, 0.29) is 17.4 Å². The van der Waals surface area contributed by atoms with Crippen LogP contribution in [0.1, 0.15) is 19.9 Å². The molecule has 2 aromatic rings. The fraction of sp³-hybridized carbons (Fsp3) is 0.273. The van der Waals surface area contributed by atoms with Crippen LogP contribution < -0.4 is 0 Å². The van der Waals surface area contributed by atoms with Gasteiger partial charge in [-0.2, -0.15) is 5.10 Å². The van der Waals surface area contributed by atoms with E-state index in [4.69, 9.17) is 12.2 Å². The summed E-state index contributed by atoms with van der Waals surface area (Å²) in [6.45, 7) is 3.65. The molecule has 0 spiro atoms. The van der Waals surface area contributed by atoms with Crippen molar-refractivity contribution in [1.82, 2.24) is 14.8 Å². The molecule has 0 fully saturated rings. The fourth-order valence-corrected chi connectivity index (χ4v) is 2.02. The number of rotatable bonds is 2. The summed E-state index contributed by atoms with van der Waals surface area (Å²) in [6, 6.07) is 1.91. The molecule has 0 saturated carbocycles. The van der Waals surface area contributed by atoms with Crippen LogP contribution in [0.2, 0.25) is 0 Å². The number of nitrogens with one attached hydrogen (secondary N) is 1. The summed E-state index contributed by atoms with van der Waals surface area (Å²) in [7, 11) is 0. The Morgan fingerprint density at radius 2 is 1.89 bits per heavy atom. The van der Waals surface area contributed by atoms with Crippen molar-refractivity contribution in [1.29, 1.82) is 0 Å². The van der Waals surface area contributed by atoms with Crippen molar-refractivity contribution in [3.8, 4) is 11.4 Å². The Morgan fingerprint density at radius 1 is 1.22 bits per heavy atom. The summed E-state index contributed by atoms with van der Waals surface area (Å²) >= 11 is 5.01. The molecule has 0 amide bonds. The first-order valence-electron chi connectivity index (χ1n) is 5.24. The number of halogens is 3. The highest BCUT2D eigenvalue weighted by Crippen LogP contribution is 2.26. The van der Waals surface area contributed by atoms with Gasteiger partial charge in [0.05, 0.1) is 5.56 Å². The molecule has 1 heterocycles. The summed E-state index contributed by atoms with van der Waals surface area (Å²) in [5, 5.41) is 6.37. The van der Waals surface area contributed by atoms with Crippen LogP contribution >= 0.6 is 12.2 Å². The molecule has 0 radical (unpaired) electrons. The van der Waals surface area contributed by atoms with Crippen LogP contribution in [0.3, 0.4) is 0 Å². The van der Waals surface area contributed by atoms with Gasteiger partial charge in [-0.1, -0.05) is 0 Å². The minimum absolute atomic E-state index is 0.0845. The average Bonchev–Trinajstić information content (AvgIpc) is 2.68. The molecule has 96 valence electrons. The smallest absolute Gasteiger partial charge is 0.195 e. The third kappa shape index (κ3) is 1.94. The lowest BCUT2D eigenvalue weighted by atomic mass is 10.1. The number of aromatic amines is 1. The Hall–Kier alpha value is -1.63. The minimum Gasteiger partial charge on any atom is -0.298 e. The first-order chi connectivity index (χ1) is 8.43. The Morgan fingerprint density at radius 3 is 2.50 bits per heavy atom. The average molecular weight is 273 g/mol. The summed E-state index contributed by atoms with van der Waals surface area (Å²) in [5.74, 6) is -3.88. The second-order valence-corrected chi connectivity index (χ2v) is 4.43. The fourth-order valence-electron chi connectivity index (χ4n) is 1.67. The maximum absolute atomic E-state index is 13.7. The standard InChI is InChI=1S/C11H10F3N3S/c1-5(2)17-10(15-16-11(17)18)6-3-4-7(12)9(14)8(6)13/h3-5H,1-2H3,(H,16,18). The van der Waals surface area contributed by atoms with E-state index >= 15 is 0 Å². The summed E-state index contributed by atoms with van der Waals surface area (Å²) in [5.41, 5.74) is -0.130. The second-order valence-electron chi connectivity index (χ2n) is 4.04. The molecule has 1 aromatic carbocycles. The molecule has 0 saturated heterocycles. The van der Waals surface area contributed by atoms with Gasteiger partial charge in [-0.25, -0.2) is 13.2 Å². The van der Waals surface area contributed by atoms with Gasteiger partial charge in [0, 0.05) is 6.04 Å². The van der Waals surface area contributed by atoms with Crippen molar-refractivity contribution >= 4 is 12.2 Å². The van der Waals surface area contributed by atoms with Gasteiger partial charge >= 0.3 is 0 Å². The number of hydrogen-bond acceptors (Lipinski definition) is 2. The summed E-state index contributed by atoms with van der Waals surface area (Å²) in [4.78, 5) is 0. The van der Waals surface area contributed by atoms with Crippen LogP contribution in [0.5, 0.6) is 0 Å². The van der Waals surface area contributed by atoms with Crippen molar-refractivity contribution < 1.29 is 13.2 Å². The van der Waals surface area contributed by atoms with E-state index in [1.165, 1.54) is 4.57 Å². The monoisotopic (exact) mass is 273 g/mol. The van der Waals surface area contributed by atoms with Crippen molar-refractivity contribution in [2.45, 2.75) is 19.9 Å². The van der Waals surface area contributed by atoms with E-state index in [1.807, 2.05) is 13.8 Å². The van der Waals surface area contributed by atoms with Crippen LogP contribution in [-0.4, -0.2) is 14.8 Å². The predicted octanol–water partition coefficient (Wildman–Crippen LogP) is 3.61. The van der Waals surface area contributed by atoms with Gasteiger partial charge in [-0.15, -0.1) is 0 Å². The highest BCUT2D eigenvalue weighted by molar-refractivity contribution is 7.71. The van der Waals surface area contributed by atoms with Crippen molar-refractivity contribution in [3.05, 3.63) is 34.4 Å². The normalized spacial score (nSPS) is 11.2. The highest BCUT2D eigenvalue weighted by atomic mass is 32.1. The summed E-state index contributed by atoms with van der Waals surface area (Å²) in [6.07, 6.45) is 0. The molecule has 1 aromatic heterocycles. The van der Waals surface area contributed by atoms with Crippen molar-refractivity contribution in [2.24, 2.45) is 0 Å². The van der Waals surface area contributed by atoms with Gasteiger partial charge in [0.25, 0.3) is 0 Å². The zero-order valence-electron chi connectivity index (χ0n) is 9.67. The van der Waals surface area contributed by atoms with Crippen LogP contribution in [0, 0.1) is 22.2 Å². The van der Waals surface area contributed by atoms with Crippen molar-refractivity contribution in [3.63, 3.8) is 0 Å². The first kappa shape index (κ1) is 12.8. The Bertz CT molecular complexity index is 645. The number of hydrogen-bond donors (Lipinski definition) is 1. The molecule has 3 nitrogen and oxygen atoms in total. The van der Waals surface area contributed by atoms with E-state index in [9.17, 15) is 13.2 Å². The quantitative estimate of drug-likeness (QED) is 0.670. The Kier molecular flexibility index (Phi) is 3.25. The highest BCUT2D eigenvalue weighted by Gasteiger charge is 2.20. The van der Waals surface area contributed by atoms with Gasteiger partial charge in [0.1, 0.15) is 0 Å². The van der Waals surface area contributed by atoms with E-state index in [0.29, 0.717) is 4.77 Å². The molecule has 0 unspecified atom stereocenters. The van der Waals surface area contributed by atoms with Gasteiger partial charge in [-0.3, -0.25) is 9.67 Å². The first-order valence-corrected chi connectivity index (χ1v) is 5.65. The van der Waals surface area contributed by atoms with Gasteiger partial charge in [0.15, 0.2) is 28.0 Å². The molecule has 1 N–H and O–H groups in total. The molecule has 18 heavy (non-hydrogen) atoms. The predicted molar refractivity (Wildman–Crippen MR) is 63.1 cm³/mol. The third-order valence-electron chi connectivity index (χ3n) is 2.50. The maximum Gasteiger partial charge on any atom is 0.195 e. The number of nitrogens with zero attached hydrogens (tertiary/aromatic N) is 2. The molecule has 0 bridgehead atoms. The number of benzene rings is 1.